The van der Waals surface area contributed by atoms with Crippen LogP contribution in [0.2, 0.25) is 0 Å². The largest absolute Gasteiger partial charge is 0.497 e. The van der Waals surface area contributed by atoms with Crippen molar-refractivity contribution < 1.29 is 14.3 Å². The number of nitrogens with zero attached hydrogens (tertiary/aromatic N) is 4. The Bertz CT molecular complexity index is 1680. The number of rotatable bonds is 8. The molecular formula is C31H23N5O3S. The fraction of sp³-hybridized carbons (Fsp3) is 0.0323. The van der Waals surface area contributed by atoms with Crippen LogP contribution in [0.3, 0.4) is 0 Å². The zero-order valence-corrected chi connectivity index (χ0v) is 22.2. The van der Waals surface area contributed by atoms with Gasteiger partial charge in [0, 0.05) is 16.5 Å². The summed E-state index contributed by atoms with van der Waals surface area (Å²) in [4.78, 5) is 18.2. The Morgan fingerprint density at radius 2 is 1.43 bits per heavy atom. The molecule has 5 aromatic rings. The third-order valence-electron chi connectivity index (χ3n) is 6.06. The molecule has 1 aromatic heterocycles. The minimum atomic E-state index is -0.369. The van der Waals surface area contributed by atoms with Crippen LogP contribution in [0.5, 0.6) is 17.2 Å². The van der Waals surface area contributed by atoms with Crippen LogP contribution < -0.4 is 19.9 Å². The maximum Gasteiger partial charge on any atom is 0.303 e. The predicted molar refractivity (Wildman–Crippen MR) is 159 cm³/mol. The van der Waals surface area contributed by atoms with Crippen LogP contribution >= 0.6 is 11.3 Å². The Morgan fingerprint density at radius 3 is 2.12 bits per heavy atom. The topological polar surface area (TPSA) is 88.4 Å². The van der Waals surface area contributed by atoms with Gasteiger partial charge in [-0.1, -0.05) is 48.5 Å². The smallest absolute Gasteiger partial charge is 0.303 e. The Labute approximate surface area is 234 Å². The molecule has 0 saturated heterocycles. The average molecular weight is 546 g/mol. The quantitative estimate of drug-likeness (QED) is 0.216. The summed E-state index contributed by atoms with van der Waals surface area (Å²) in [5, 5.41) is 12.8. The molecule has 0 spiro atoms. The first kappa shape index (κ1) is 25.0. The lowest BCUT2D eigenvalue weighted by atomic mass is 10.1. The Kier molecular flexibility index (Phi) is 7.02. The number of para-hydroxylation sites is 1. The zero-order valence-electron chi connectivity index (χ0n) is 21.4. The average Bonchev–Trinajstić information content (AvgIpc) is 3.62. The number of carbonyl (C=O) groups excluding carboxylic acids is 1. The van der Waals surface area contributed by atoms with Gasteiger partial charge in [0.05, 0.1) is 18.5 Å². The number of benzene rings is 4. The number of methoxy groups -OCH3 is 1. The van der Waals surface area contributed by atoms with Crippen LogP contribution in [-0.2, 0) is 4.79 Å². The SMILES string of the molecule is COc1ccc(-c2csc(N3N=C(c4ccccc4)C(=NNc4ccc(Oc5ccccc5)cc4)C3=O)n2)cc1. The highest BCUT2D eigenvalue weighted by molar-refractivity contribution is 7.14. The van der Waals surface area contributed by atoms with Gasteiger partial charge in [0.25, 0.3) is 0 Å². The number of carbonyl (C=O) groups is 1. The van der Waals surface area contributed by atoms with Gasteiger partial charge in [0.2, 0.25) is 5.13 Å². The first-order valence-corrected chi connectivity index (χ1v) is 13.3. The third-order valence-corrected chi connectivity index (χ3v) is 6.87. The number of hydrazone groups is 2. The second kappa shape index (κ2) is 11.2. The lowest BCUT2D eigenvalue weighted by molar-refractivity contribution is -0.112. The summed E-state index contributed by atoms with van der Waals surface area (Å²) in [6.07, 6.45) is 0. The summed E-state index contributed by atoms with van der Waals surface area (Å²) in [5.74, 6) is 1.83. The zero-order chi connectivity index (χ0) is 27.3. The fourth-order valence-corrected chi connectivity index (χ4v) is 4.79. The van der Waals surface area contributed by atoms with Gasteiger partial charge in [-0.05, 0) is 60.7 Å². The van der Waals surface area contributed by atoms with E-state index in [1.54, 1.807) is 7.11 Å². The van der Waals surface area contributed by atoms with E-state index in [-0.39, 0.29) is 11.6 Å². The summed E-state index contributed by atoms with van der Waals surface area (Å²) in [5.41, 5.74) is 6.78. The monoisotopic (exact) mass is 545 g/mol. The molecule has 8 nitrogen and oxygen atoms in total. The number of ether oxygens (including phenoxy) is 2. The highest BCUT2D eigenvalue weighted by atomic mass is 32.1. The molecule has 0 atom stereocenters. The van der Waals surface area contributed by atoms with Gasteiger partial charge in [-0.15, -0.1) is 11.3 Å². The van der Waals surface area contributed by atoms with Crippen molar-refractivity contribution in [1.82, 2.24) is 4.98 Å². The van der Waals surface area contributed by atoms with Crippen LogP contribution in [0.1, 0.15) is 5.56 Å². The van der Waals surface area contributed by atoms with E-state index in [1.165, 1.54) is 16.3 Å². The summed E-state index contributed by atoms with van der Waals surface area (Å²) < 4.78 is 11.1. The van der Waals surface area contributed by atoms with Crippen molar-refractivity contribution in [2.24, 2.45) is 10.2 Å². The minimum absolute atomic E-state index is 0.192. The van der Waals surface area contributed by atoms with Crippen molar-refractivity contribution in [3.05, 3.63) is 120 Å². The van der Waals surface area contributed by atoms with Gasteiger partial charge in [-0.2, -0.15) is 15.2 Å². The summed E-state index contributed by atoms with van der Waals surface area (Å²) in [6.45, 7) is 0. The molecule has 0 saturated carbocycles. The van der Waals surface area contributed by atoms with E-state index in [2.05, 4.69) is 20.6 Å². The number of hydrogen-bond donors (Lipinski definition) is 1. The van der Waals surface area contributed by atoms with Crippen molar-refractivity contribution in [3.8, 4) is 28.5 Å². The van der Waals surface area contributed by atoms with Gasteiger partial charge in [-0.25, -0.2) is 4.98 Å². The first-order valence-electron chi connectivity index (χ1n) is 12.4. The highest BCUT2D eigenvalue weighted by Gasteiger charge is 2.35. The number of hydrogen-bond acceptors (Lipinski definition) is 8. The molecule has 0 radical (unpaired) electrons. The van der Waals surface area contributed by atoms with Crippen LogP contribution in [0.4, 0.5) is 10.8 Å². The molecule has 1 N–H and O–H groups in total. The van der Waals surface area contributed by atoms with Crippen LogP contribution in [0, 0.1) is 0 Å². The molecule has 0 aliphatic carbocycles. The van der Waals surface area contributed by atoms with Crippen LogP contribution in [0.15, 0.2) is 125 Å². The number of thiazole rings is 1. The van der Waals surface area contributed by atoms with Gasteiger partial charge in [0.1, 0.15) is 23.0 Å². The van der Waals surface area contributed by atoms with Crippen LogP contribution in [-0.4, -0.2) is 29.4 Å². The molecular weight excluding hydrogens is 522 g/mol. The minimum Gasteiger partial charge on any atom is -0.497 e. The lowest BCUT2D eigenvalue weighted by Gasteiger charge is -2.08. The second-order valence-corrected chi connectivity index (χ2v) is 9.52. The Hall–Kier alpha value is -5.28. The number of amides is 1. The lowest BCUT2D eigenvalue weighted by Crippen LogP contribution is -2.28. The van der Waals surface area contributed by atoms with Gasteiger partial charge < -0.3 is 9.47 Å². The normalized spacial score (nSPS) is 13.8. The molecule has 2 heterocycles. The summed E-state index contributed by atoms with van der Waals surface area (Å²) >= 11 is 1.34. The number of aromatic nitrogens is 1. The first-order chi connectivity index (χ1) is 19.7. The van der Waals surface area contributed by atoms with E-state index in [9.17, 15) is 4.79 Å². The molecule has 4 aromatic carbocycles. The van der Waals surface area contributed by atoms with Crippen molar-refractivity contribution in [3.63, 3.8) is 0 Å². The molecule has 6 rings (SSSR count). The van der Waals surface area contributed by atoms with E-state index in [4.69, 9.17) is 9.47 Å². The van der Waals surface area contributed by atoms with Gasteiger partial charge in [-0.3, -0.25) is 10.2 Å². The second-order valence-electron chi connectivity index (χ2n) is 8.69. The number of anilines is 2. The van der Waals surface area contributed by atoms with Gasteiger partial charge in [0.15, 0.2) is 5.71 Å². The van der Waals surface area contributed by atoms with Crippen molar-refractivity contribution >= 4 is 39.5 Å². The molecule has 1 aliphatic rings. The maximum atomic E-state index is 13.6. The van der Waals surface area contributed by atoms with E-state index < -0.39 is 0 Å². The predicted octanol–water partition coefficient (Wildman–Crippen LogP) is 6.83. The molecule has 40 heavy (non-hydrogen) atoms. The third kappa shape index (κ3) is 5.31. The molecule has 196 valence electrons. The fourth-order valence-electron chi connectivity index (χ4n) is 4.01. The number of nitrogens with one attached hydrogen (secondary N) is 1. The van der Waals surface area contributed by atoms with E-state index in [1.807, 2.05) is 115 Å². The summed E-state index contributed by atoms with van der Waals surface area (Å²) in [7, 11) is 1.63. The Balaban J connectivity index is 1.25. The molecule has 9 heteroatoms. The van der Waals surface area contributed by atoms with E-state index in [0.29, 0.717) is 22.3 Å². The van der Waals surface area contributed by atoms with Gasteiger partial charge >= 0.3 is 5.91 Å². The van der Waals surface area contributed by atoms with E-state index in [0.717, 1.165) is 28.3 Å². The standard InChI is InChI=1S/C31H23N5O3S/c1-38-24-16-12-21(13-17-24)27-20-40-31(32-27)36-30(37)29(28(35-36)22-8-4-2-5-9-22)34-33-23-14-18-26(19-15-23)39-25-10-6-3-7-11-25/h2-20,33H,1H3. The van der Waals surface area contributed by atoms with E-state index >= 15 is 0 Å². The van der Waals surface area contributed by atoms with Crippen molar-refractivity contribution in [1.29, 1.82) is 0 Å². The molecule has 1 aliphatic heterocycles. The molecule has 0 unspecified atom stereocenters. The Morgan fingerprint density at radius 1 is 0.775 bits per heavy atom. The molecule has 1 amide bonds. The molecule has 0 bridgehead atoms. The summed E-state index contributed by atoms with van der Waals surface area (Å²) in [6, 6.07) is 34.0. The van der Waals surface area contributed by atoms with Crippen LogP contribution in [0.25, 0.3) is 11.3 Å². The highest BCUT2D eigenvalue weighted by Crippen LogP contribution is 2.31. The maximum absolute atomic E-state index is 13.6. The van der Waals surface area contributed by atoms with Crippen molar-refractivity contribution in [2.45, 2.75) is 0 Å². The molecule has 0 fully saturated rings. The van der Waals surface area contributed by atoms with Crippen molar-refractivity contribution in [2.75, 3.05) is 17.5 Å².